The molecule has 2 aliphatic rings. The van der Waals surface area contributed by atoms with Crippen LogP contribution in [0.1, 0.15) is 42.0 Å². The molecule has 0 radical (unpaired) electrons. The van der Waals surface area contributed by atoms with Crippen LogP contribution in [0.3, 0.4) is 0 Å². The maximum absolute atomic E-state index is 3.57. The van der Waals surface area contributed by atoms with E-state index in [2.05, 4.69) is 103 Å². The zero-order valence-corrected chi connectivity index (χ0v) is 26.1. The van der Waals surface area contributed by atoms with Gasteiger partial charge in [-0.15, -0.1) is 24.8 Å². The molecule has 0 aromatic heterocycles. The molecule has 6 rings (SSSR count). The van der Waals surface area contributed by atoms with E-state index in [1.54, 1.807) is 17.7 Å². The van der Waals surface area contributed by atoms with Crippen LogP contribution in [-0.4, -0.2) is 6.88 Å². The van der Waals surface area contributed by atoms with Crippen LogP contribution >= 0.6 is 24.8 Å². The van der Waals surface area contributed by atoms with E-state index in [4.69, 9.17) is 0 Å². The molecule has 0 heterocycles. The van der Waals surface area contributed by atoms with Crippen molar-refractivity contribution in [2.75, 3.05) is 0 Å². The number of hydrogen-bond acceptors (Lipinski definition) is 0. The Balaban J connectivity index is 0.00000144. The third-order valence-electron chi connectivity index (χ3n) is 8.48. The predicted octanol–water partition coefficient (Wildman–Crippen LogP) is 7.13. The van der Waals surface area contributed by atoms with Gasteiger partial charge in [-0.1, -0.05) is 0 Å². The van der Waals surface area contributed by atoms with Gasteiger partial charge in [0.1, 0.15) is 0 Å². The van der Waals surface area contributed by atoms with Gasteiger partial charge in [0.2, 0.25) is 0 Å². The minimum absolute atomic E-state index is 0. The summed E-state index contributed by atoms with van der Waals surface area (Å²) in [6.45, 7) is 4.81. The summed E-state index contributed by atoms with van der Waals surface area (Å²) in [7, 11) is 0. The van der Waals surface area contributed by atoms with Gasteiger partial charge < -0.3 is 0 Å². The number of halogens is 2. The summed E-state index contributed by atoms with van der Waals surface area (Å²) in [5.74, 6) is 0. The minimum Gasteiger partial charge on any atom is -0.147 e. The quantitative estimate of drug-likeness (QED) is 0.186. The maximum atomic E-state index is 2.76. The van der Waals surface area contributed by atoms with Gasteiger partial charge in [-0.05, 0) is 0 Å². The molecule has 4 heteroatoms. The molecule has 0 N–H and O–H groups in total. The Morgan fingerprint density at radius 2 is 1.06 bits per heavy atom. The first-order chi connectivity index (χ1) is 16.0. The topological polar surface area (TPSA) is 0 Å². The van der Waals surface area contributed by atoms with Crippen molar-refractivity contribution in [3.63, 3.8) is 0 Å². The molecule has 0 unspecified atom stereocenters. The first-order valence-electron chi connectivity index (χ1n) is 12.5. The van der Waals surface area contributed by atoms with Crippen molar-refractivity contribution in [2.24, 2.45) is 0 Å². The van der Waals surface area contributed by atoms with Crippen LogP contribution in [0.25, 0.3) is 22.3 Å². The van der Waals surface area contributed by atoms with Gasteiger partial charge in [0, 0.05) is 0 Å². The summed E-state index contributed by atoms with van der Waals surface area (Å²) in [5.41, 5.74) is 12.2. The van der Waals surface area contributed by atoms with Crippen LogP contribution < -0.4 is 6.54 Å². The Bertz CT molecular complexity index is 1390. The average molecular weight is 597 g/mol. The van der Waals surface area contributed by atoms with Crippen LogP contribution in [-0.2, 0) is 30.2 Å². The minimum atomic E-state index is -3.57. The van der Waals surface area contributed by atoms with E-state index in [0.29, 0.717) is 0 Å². The Morgan fingerprint density at radius 3 is 1.51 bits per heavy atom. The summed E-state index contributed by atoms with van der Waals surface area (Å²) < 4.78 is 7.60. The van der Waals surface area contributed by atoms with Crippen LogP contribution in [0.4, 0.5) is 0 Å². The smallest absolute Gasteiger partial charge is 0.147 e. The average Bonchev–Trinajstić information content (AvgIpc) is 3.41. The standard InChI is InChI=1S/2C13H9.C4H9.CH3.2ClH.H2Si.Zr/c2*1-3-7-12-10(5-1)9-11-6-2-4-8-13(11)12;1-3-4-2;;;;;/h2*1-5,7-8H,9H2;1,3-4H2,2H3;1H3;2*1H;1H2;. The molecule has 0 nitrogen and oxygen atoms in total. The Labute approximate surface area is 224 Å². The van der Waals surface area contributed by atoms with E-state index in [9.17, 15) is 0 Å². The molecule has 0 amide bonds. The fourth-order valence-electron chi connectivity index (χ4n) is 6.75. The first kappa shape index (κ1) is 26.6. The summed E-state index contributed by atoms with van der Waals surface area (Å²) in [5, 5.41) is 0. The fraction of sp³-hybridized carbons (Fsp3) is 0.226. The van der Waals surface area contributed by atoms with Crippen molar-refractivity contribution in [1.82, 2.24) is 0 Å². The molecule has 0 bridgehead atoms. The zero-order valence-electron chi connectivity index (χ0n) is 20.6. The van der Waals surface area contributed by atoms with Gasteiger partial charge in [-0.2, -0.15) is 0 Å². The zero-order chi connectivity index (χ0) is 22.7. The number of benzene rings is 4. The second-order valence-electron chi connectivity index (χ2n) is 10.7. The van der Waals surface area contributed by atoms with E-state index in [-0.39, 0.29) is 24.8 Å². The van der Waals surface area contributed by atoms with Crippen LogP contribution in [0.2, 0.25) is 8.76 Å². The van der Waals surface area contributed by atoms with E-state index in [1.165, 1.54) is 50.4 Å². The van der Waals surface area contributed by atoms with E-state index >= 15 is 0 Å². The fourth-order valence-corrected chi connectivity index (χ4v) is 25.7. The number of unbranched alkanes of at least 4 members (excludes halogenated alkanes) is 1. The van der Waals surface area contributed by atoms with E-state index < -0.39 is 17.4 Å². The van der Waals surface area contributed by atoms with Crippen LogP contribution in [0.5, 0.6) is 0 Å². The first-order valence-corrected chi connectivity index (χ1v) is 25.0. The van der Waals surface area contributed by atoms with E-state index in [1.807, 2.05) is 0 Å². The molecule has 4 aromatic rings. The molecule has 0 fully saturated rings. The second kappa shape index (κ2) is 9.79. The van der Waals surface area contributed by atoms with Crippen molar-refractivity contribution >= 4 is 38.2 Å². The summed E-state index contributed by atoms with van der Waals surface area (Å²) in [6.07, 6.45) is 4.77. The van der Waals surface area contributed by atoms with Gasteiger partial charge in [0.05, 0.1) is 0 Å². The molecule has 180 valence electrons. The van der Waals surface area contributed by atoms with Crippen molar-refractivity contribution in [3.05, 3.63) is 107 Å². The van der Waals surface area contributed by atoms with Crippen molar-refractivity contribution in [3.8, 4) is 22.3 Å². The number of fused-ring (bicyclic) bond motifs is 6. The summed E-state index contributed by atoms with van der Waals surface area (Å²) >= 11 is -3.57. The molecule has 2 aliphatic carbocycles. The van der Waals surface area contributed by atoms with Gasteiger partial charge >= 0.3 is 202 Å². The number of rotatable bonds is 5. The molecular formula is C31H34Cl2SiZr. The van der Waals surface area contributed by atoms with Crippen LogP contribution in [0, 0.1) is 0 Å². The van der Waals surface area contributed by atoms with Crippen molar-refractivity contribution in [1.29, 1.82) is 0 Å². The largest absolute Gasteiger partial charge is 0.147 e. The third-order valence-corrected chi connectivity index (χ3v) is 29.3. The van der Waals surface area contributed by atoms with Crippen molar-refractivity contribution < 1.29 is 17.4 Å². The SMILES string of the molecule is CCC[CH2][Zr]([CH3])(=[SiH2])([c]1cccc2c1Cc1ccccc1-2)[c]1cccc2c1Cc1ccccc1-2.Cl.Cl. The van der Waals surface area contributed by atoms with Gasteiger partial charge in [-0.25, -0.2) is 0 Å². The Hall–Kier alpha value is -1.44. The Kier molecular flexibility index (Phi) is 7.44. The summed E-state index contributed by atoms with van der Waals surface area (Å²) in [6, 6.07) is 32.6. The van der Waals surface area contributed by atoms with Gasteiger partial charge in [0.15, 0.2) is 0 Å². The second-order valence-corrected chi connectivity index (χ2v) is 37.2. The molecule has 0 aliphatic heterocycles. The van der Waals surface area contributed by atoms with E-state index in [0.717, 1.165) is 12.8 Å². The van der Waals surface area contributed by atoms with Crippen molar-refractivity contribution in [2.45, 2.75) is 41.4 Å². The predicted molar refractivity (Wildman–Crippen MR) is 157 cm³/mol. The maximum Gasteiger partial charge on any atom is -0.147 e. The molecule has 0 atom stereocenters. The number of hydrogen-bond donors (Lipinski definition) is 0. The Morgan fingerprint density at radius 1 is 0.629 bits per heavy atom. The molecular weight excluding hydrogens is 563 g/mol. The van der Waals surface area contributed by atoms with Crippen LogP contribution in [0.15, 0.2) is 84.9 Å². The third kappa shape index (κ3) is 4.06. The summed E-state index contributed by atoms with van der Waals surface area (Å²) in [4.78, 5) is 0. The monoisotopic (exact) mass is 594 g/mol. The molecule has 4 aromatic carbocycles. The normalized spacial score (nSPS) is 13.1. The van der Waals surface area contributed by atoms with Gasteiger partial charge in [0.25, 0.3) is 0 Å². The molecule has 35 heavy (non-hydrogen) atoms. The molecule has 0 spiro atoms. The molecule has 0 saturated heterocycles. The molecule has 0 saturated carbocycles. The van der Waals surface area contributed by atoms with Gasteiger partial charge in [-0.3, -0.25) is 0 Å².